The zero-order valence-electron chi connectivity index (χ0n) is 9.92. The number of nitrogens with two attached hydrogens (primary N) is 1. The van der Waals surface area contributed by atoms with E-state index in [9.17, 15) is 4.79 Å². The van der Waals surface area contributed by atoms with Gasteiger partial charge in [0.2, 0.25) is 0 Å². The van der Waals surface area contributed by atoms with Crippen LogP contribution in [0.25, 0.3) is 0 Å². The van der Waals surface area contributed by atoms with Crippen molar-refractivity contribution in [3.8, 4) is 0 Å². The average molecular weight is 253 g/mol. The quantitative estimate of drug-likeness (QED) is 0.813. The summed E-state index contributed by atoms with van der Waals surface area (Å²) >= 11 is 5.79. The number of halogens is 1. The molecule has 0 heterocycles. The Hall–Kier alpha value is -1.22. The number of hydrogen-bond donors (Lipinski definition) is 2. The Morgan fingerprint density at radius 1 is 1.53 bits per heavy atom. The van der Waals surface area contributed by atoms with Gasteiger partial charge in [-0.15, -0.1) is 0 Å². The molecule has 4 heteroatoms. The number of amides is 1. The number of benzene rings is 1. The number of carbonyl (C=O) groups excluding carboxylic acids is 1. The summed E-state index contributed by atoms with van der Waals surface area (Å²) in [5, 5.41) is 3.49. The van der Waals surface area contributed by atoms with Crippen LogP contribution in [0.5, 0.6) is 0 Å². The fraction of sp³-hybridized carbons (Fsp3) is 0.462. The van der Waals surface area contributed by atoms with E-state index in [0.29, 0.717) is 22.8 Å². The molecule has 0 unspecified atom stereocenters. The van der Waals surface area contributed by atoms with E-state index in [4.69, 9.17) is 17.3 Å². The van der Waals surface area contributed by atoms with E-state index in [2.05, 4.69) is 12.2 Å². The zero-order chi connectivity index (χ0) is 12.5. The molecule has 0 spiro atoms. The summed E-state index contributed by atoms with van der Waals surface area (Å²) in [6.07, 6.45) is 3.63. The van der Waals surface area contributed by atoms with Gasteiger partial charge in [-0.25, -0.2) is 0 Å². The van der Waals surface area contributed by atoms with Crippen LogP contribution in [-0.2, 0) is 0 Å². The van der Waals surface area contributed by atoms with Crippen LogP contribution in [0.15, 0.2) is 18.2 Å². The first kappa shape index (κ1) is 12.2. The van der Waals surface area contributed by atoms with Gasteiger partial charge in [0, 0.05) is 17.3 Å². The van der Waals surface area contributed by atoms with Gasteiger partial charge in [-0.05, 0) is 36.5 Å². The highest BCUT2D eigenvalue weighted by Gasteiger charge is 2.32. The molecule has 0 radical (unpaired) electrons. The van der Waals surface area contributed by atoms with E-state index < -0.39 is 0 Å². The first-order chi connectivity index (χ1) is 8.00. The molecule has 3 nitrogen and oxygen atoms in total. The van der Waals surface area contributed by atoms with Crippen molar-refractivity contribution in [2.75, 3.05) is 12.3 Å². The van der Waals surface area contributed by atoms with Crippen molar-refractivity contribution in [2.24, 2.45) is 5.41 Å². The van der Waals surface area contributed by atoms with E-state index in [1.54, 1.807) is 18.2 Å². The number of nitrogens with one attached hydrogen (secondary N) is 1. The van der Waals surface area contributed by atoms with Gasteiger partial charge < -0.3 is 11.1 Å². The molecule has 0 aliphatic heterocycles. The molecule has 0 saturated heterocycles. The molecule has 3 N–H and O–H groups in total. The minimum Gasteiger partial charge on any atom is -0.398 e. The van der Waals surface area contributed by atoms with Gasteiger partial charge in [-0.1, -0.05) is 24.9 Å². The van der Waals surface area contributed by atoms with Gasteiger partial charge in [0.05, 0.1) is 5.56 Å². The molecule has 1 aliphatic carbocycles. The lowest BCUT2D eigenvalue weighted by Gasteiger charge is -2.38. The topological polar surface area (TPSA) is 55.1 Å². The lowest BCUT2D eigenvalue weighted by Crippen LogP contribution is -2.40. The van der Waals surface area contributed by atoms with Gasteiger partial charge in [-0.2, -0.15) is 0 Å². The molecule has 1 fully saturated rings. The Morgan fingerprint density at radius 2 is 2.24 bits per heavy atom. The highest BCUT2D eigenvalue weighted by Crippen LogP contribution is 2.39. The molecular weight excluding hydrogens is 236 g/mol. The third-order valence-corrected chi connectivity index (χ3v) is 3.73. The second kappa shape index (κ2) is 4.57. The van der Waals surface area contributed by atoms with Crippen LogP contribution in [0, 0.1) is 5.41 Å². The van der Waals surface area contributed by atoms with E-state index in [0.717, 1.165) is 0 Å². The Labute approximate surface area is 106 Å². The summed E-state index contributed by atoms with van der Waals surface area (Å²) in [5.41, 5.74) is 6.96. The van der Waals surface area contributed by atoms with Crippen molar-refractivity contribution in [3.63, 3.8) is 0 Å². The molecule has 0 aromatic heterocycles. The van der Waals surface area contributed by atoms with Gasteiger partial charge >= 0.3 is 0 Å². The number of anilines is 1. The minimum absolute atomic E-state index is 0.118. The number of hydrogen-bond acceptors (Lipinski definition) is 2. The van der Waals surface area contributed by atoms with Gasteiger partial charge in [0.15, 0.2) is 0 Å². The Bertz CT molecular complexity index is 441. The molecule has 92 valence electrons. The van der Waals surface area contributed by atoms with Crippen molar-refractivity contribution >= 4 is 23.2 Å². The maximum atomic E-state index is 11.9. The molecule has 17 heavy (non-hydrogen) atoms. The molecule has 1 aliphatic rings. The average Bonchev–Trinajstić information content (AvgIpc) is 2.23. The Balaban J connectivity index is 1.99. The Kier molecular flexibility index (Phi) is 3.29. The van der Waals surface area contributed by atoms with Crippen LogP contribution in [0.1, 0.15) is 36.5 Å². The van der Waals surface area contributed by atoms with Crippen LogP contribution in [0.2, 0.25) is 5.02 Å². The fourth-order valence-corrected chi connectivity index (χ4v) is 2.27. The summed E-state index contributed by atoms with van der Waals surface area (Å²) in [7, 11) is 0. The lowest BCUT2D eigenvalue weighted by molar-refractivity contribution is 0.0891. The molecular formula is C13H17ClN2O. The van der Waals surface area contributed by atoms with Crippen LogP contribution >= 0.6 is 11.6 Å². The lowest BCUT2D eigenvalue weighted by atomic mass is 9.70. The van der Waals surface area contributed by atoms with Crippen molar-refractivity contribution < 1.29 is 4.79 Å². The van der Waals surface area contributed by atoms with Crippen LogP contribution in [0.3, 0.4) is 0 Å². The van der Waals surface area contributed by atoms with Gasteiger partial charge in [-0.3, -0.25) is 4.79 Å². The normalized spacial score (nSPS) is 17.3. The number of rotatable bonds is 3. The van der Waals surface area contributed by atoms with Crippen LogP contribution in [0.4, 0.5) is 5.69 Å². The second-order valence-corrected chi connectivity index (χ2v) is 5.51. The van der Waals surface area contributed by atoms with Crippen LogP contribution < -0.4 is 11.1 Å². The first-order valence-electron chi connectivity index (χ1n) is 5.83. The first-order valence-corrected chi connectivity index (χ1v) is 6.21. The Morgan fingerprint density at radius 3 is 2.76 bits per heavy atom. The summed E-state index contributed by atoms with van der Waals surface area (Å²) in [5.74, 6) is -0.118. The molecule has 2 rings (SSSR count). The standard InChI is InChI=1S/C13H17ClN2O/c1-13(5-2-6-13)8-16-12(17)10-4-3-9(14)7-11(10)15/h3-4,7H,2,5-6,8,15H2,1H3,(H,16,17). The minimum atomic E-state index is -0.118. The smallest absolute Gasteiger partial charge is 0.253 e. The maximum Gasteiger partial charge on any atom is 0.253 e. The molecule has 0 atom stereocenters. The highest BCUT2D eigenvalue weighted by molar-refractivity contribution is 6.31. The van der Waals surface area contributed by atoms with E-state index in [-0.39, 0.29) is 11.3 Å². The largest absolute Gasteiger partial charge is 0.398 e. The number of carbonyl (C=O) groups is 1. The van der Waals surface area contributed by atoms with Crippen molar-refractivity contribution in [2.45, 2.75) is 26.2 Å². The second-order valence-electron chi connectivity index (χ2n) is 5.08. The van der Waals surface area contributed by atoms with Crippen molar-refractivity contribution in [1.29, 1.82) is 0 Å². The summed E-state index contributed by atoms with van der Waals surface area (Å²) in [4.78, 5) is 11.9. The third kappa shape index (κ3) is 2.72. The molecule has 1 saturated carbocycles. The monoisotopic (exact) mass is 252 g/mol. The highest BCUT2D eigenvalue weighted by atomic mass is 35.5. The summed E-state index contributed by atoms with van der Waals surface area (Å²) < 4.78 is 0. The fourth-order valence-electron chi connectivity index (χ4n) is 2.09. The molecule has 0 bridgehead atoms. The van der Waals surface area contributed by atoms with Gasteiger partial charge in [0.25, 0.3) is 5.91 Å². The van der Waals surface area contributed by atoms with E-state index in [1.807, 2.05) is 0 Å². The molecule has 1 aromatic carbocycles. The van der Waals surface area contributed by atoms with E-state index in [1.165, 1.54) is 19.3 Å². The maximum absolute atomic E-state index is 11.9. The predicted molar refractivity (Wildman–Crippen MR) is 70.2 cm³/mol. The number of nitrogen functional groups attached to an aromatic ring is 1. The summed E-state index contributed by atoms with van der Waals surface area (Å²) in [6.45, 7) is 2.91. The molecule has 1 amide bonds. The van der Waals surface area contributed by atoms with Crippen molar-refractivity contribution in [3.05, 3.63) is 28.8 Å². The molecule has 1 aromatic rings. The van der Waals surface area contributed by atoms with Gasteiger partial charge in [0.1, 0.15) is 0 Å². The predicted octanol–water partition coefficient (Wildman–Crippen LogP) is 2.84. The van der Waals surface area contributed by atoms with Crippen LogP contribution in [-0.4, -0.2) is 12.5 Å². The zero-order valence-corrected chi connectivity index (χ0v) is 10.7. The third-order valence-electron chi connectivity index (χ3n) is 3.49. The van der Waals surface area contributed by atoms with Crippen molar-refractivity contribution in [1.82, 2.24) is 5.32 Å². The van der Waals surface area contributed by atoms with E-state index >= 15 is 0 Å². The SMILES string of the molecule is CC1(CNC(=O)c2ccc(Cl)cc2N)CCC1. The summed E-state index contributed by atoms with van der Waals surface area (Å²) in [6, 6.07) is 4.94.